The van der Waals surface area contributed by atoms with Crippen LogP contribution in [0.5, 0.6) is 0 Å². The maximum Gasteiger partial charge on any atom is 0.259 e. The van der Waals surface area contributed by atoms with Crippen molar-refractivity contribution >= 4 is 56.0 Å². The van der Waals surface area contributed by atoms with Crippen LogP contribution in [0.4, 0.5) is 0 Å². The van der Waals surface area contributed by atoms with Crippen LogP contribution in [0, 0.1) is 17.8 Å². The molecule has 0 radical (unpaired) electrons. The summed E-state index contributed by atoms with van der Waals surface area (Å²) in [5.41, 5.74) is 8.93. The fourth-order valence-electron chi connectivity index (χ4n) is 8.16. The normalized spacial score (nSPS) is 29.9. The fraction of sp³-hybridized carbons (Fsp3) is 0.543. The van der Waals surface area contributed by atoms with Gasteiger partial charge < -0.3 is 25.4 Å². The highest BCUT2D eigenvalue weighted by Crippen LogP contribution is 2.47. The summed E-state index contributed by atoms with van der Waals surface area (Å²) in [5.74, 6) is -2.14. The molecule has 1 aromatic carbocycles. The van der Waals surface area contributed by atoms with E-state index in [4.69, 9.17) is 10.7 Å². The highest BCUT2D eigenvalue weighted by Gasteiger charge is 2.63. The van der Waals surface area contributed by atoms with Crippen LogP contribution >= 0.6 is 11.3 Å². The number of amides is 4. The van der Waals surface area contributed by atoms with Gasteiger partial charge in [-0.15, -0.1) is 11.3 Å². The lowest BCUT2D eigenvalue weighted by Gasteiger charge is -2.32. The van der Waals surface area contributed by atoms with E-state index in [0.29, 0.717) is 37.3 Å². The Bertz CT molecular complexity index is 2010. The van der Waals surface area contributed by atoms with E-state index in [1.54, 1.807) is 15.3 Å². The molecule has 0 spiro atoms. The average Bonchev–Trinajstić information content (AvgIpc) is 3.82. The number of para-hydroxylation sites is 2. The Morgan fingerprint density at radius 2 is 1.90 bits per heavy atom. The fourth-order valence-corrected chi connectivity index (χ4v) is 10.1. The molecular formula is C35H42N8O6S2. The lowest BCUT2D eigenvalue weighted by molar-refractivity contribution is -0.142. The van der Waals surface area contributed by atoms with Crippen LogP contribution in [-0.4, -0.2) is 98.9 Å². The number of nitrogens with two attached hydrogens (primary N) is 1. The molecule has 2 saturated carbocycles. The van der Waals surface area contributed by atoms with E-state index < -0.39 is 50.6 Å². The predicted molar refractivity (Wildman–Crippen MR) is 189 cm³/mol. The molecule has 5 aliphatic rings. The van der Waals surface area contributed by atoms with Gasteiger partial charge in [0.25, 0.3) is 5.91 Å². The summed E-state index contributed by atoms with van der Waals surface area (Å²) in [6.07, 6.45) is 8.88. The second-order valence-corrected chi connectivity index (χ2v) is 17.3. The second kappa shape index (κ2) is 13.1. The van der Waals surface area contributed by atoms with Gasteiger partial charge in [-0.2, -0.15) is 0 Å². The Labute approximate surface area is 299 Å². The molecule has 0 unspecified atom stereocenters. The molecule has 3 aromatic rings. The molecule has 4 fully saturated rings. The minimum atomic E-state index is -3.86. The molecule has 3 aliphatic heterocycles. The Morgan fingerprint density at radius 3 is 2.69 bits per heavy atom. The lowest BCUT2D eigenvalue weighted by atomic mass is 9.93. The van der Waals surface area contributed by atoms with Gasteiger partial charge in [0.15, 0.2) is 5.82 Å². The van der Waals surface area contributed by atoms with Crippen LogP contribution in [0.15, 0.2) is 47.3 Å². The van der Waals surface area contributed by atoms with E-state index >= 15 is 0 Å². The average molecular weight is 735 g/mol. The zero-order valence-corrected chi connectivity index (χ0v) is 29.8. The molecule has 4 amide bonds. The molecular weight excluding hydrogens is 693 g/mol. The van der Waals surface area contributed by atoms with Gasteiger partial charge in [-0.1, -0.05) is 37.1 Å². The molecule has 8 rings (SSSR count). The summed E-state index contributed by atoms with van der Waals surface area (Å²) >= 11 is 1.44. The van der Waals surface area contributed by atoms with E-state index in [-0.39, 0.29) is 49.7 Å². The van der Waals surface area contributed by atoms with Crippen LogP contribution < -0.4 is 15.8 Å². The first-order chi connectivity index (χ1) is 24.6. The second-order valence-electron chi connectivity index (χ2n) is 14.7. The summed E-state index contributed by atoms with van der Waals surface area (Å²) in [7, 11) is -3.86. The van der Waals surface area contributed by atoms with Crippen LogP contribution in [0.25, 0.3) is 22.6 Å². The topological polar surface area (TPSA) is 190 Å². The Hall–Kier alpha value is -4.15. The van der Waals surface area contributed by atoms with Crippen molar-refractivity contribution in [3.63, 3.8) is 0 Å². The summed E-state index contributed by atoms with van der Waals surface area (Å²) < 4.78 is 29.7. The minimum absolute atomic E-state index is 0.0178. The van der Waals surface area contributed by atoms with E-state index in [0.717, 1.165) is 36.7 Å². The Morgan fingerprint density at radius 1 is 1.08 bits per heavy atom. The molecule has 14 nitrogen and oxygen atoms in total. The molecule has 2 aromatic heterocycles. The number of aromatic nitrogens is 3. The number of hydrogen-bond acceptors (Lipinski definition) is 10. The van der Waals surface area contributed by atoms with Gasteiger partial charge in [-0.05, 0) is 50.7 Å². The van der Waals surface area contributed by atoms with Crippen LogP contribution in [-0.2, 0) is 35.7 Å². The monoisotopic (exact) mass is 734 g/mol. The predicted octanol–water partition coefficient (Wildman–Crippen LogP) is 1.78. The third-order valence-electron chi connectivity index (χ3n) is 11.2. The van der Waals surface area contributed by atoms with Gasteiger partial charge in [0.2, 0.25) is 27.7 Å². The largest absolute Gasteiger partial charge is 0.340 e. The number of thiazole rings is 1. The number of carbonyl (C=O) groups excluding carboxylic acids is 4. The molecule has 2 aliphatic carbocycles. The van der Waals surface area contributed by atoms with Gasteiger partial charge in [0.05, 0.1) is 27.8 Å². The summed E-state index contributed by atoms with van der Waals surface area (Å²) in [4.78, 5) is 68.5. The van der Waals surface area contributed by atoms with Gasteiger partial charge in [0, 0.05) is 42.8 Å². The van der Waals surface area contributed by atoms with Gasteiger partial charge in [0.1, 0.15) is 23.8 Å². The minimum Gasteiger partial charge on any atom is -0.340 e. The number of likely N-dealkylation sites (tertiary alicyclic amines) is 1. The van der Waals surface area contributed by atoms with Crippen LogP contribution in [0.2, 0.25) is 0 Å². The summed E-state index contributed by atoms with van der Waals surface area (Å²) in [5, 5.41) is 4.23. The first-order valence-corrected chi connectivity index (χ1v) is 20.3. The smallest absolute Gasteiger partial charge is 0.259 e. The third kappa shape index (κ3) is 6.35. The number of rotatable bonds is 6. The number of imidazole rings is 1. The third-order valence-corrected chi connectivity index (χ3v) is 13.6. The number of sulfonamides is 1. The highest BCUT2D eigenvalue weighted by atomic mass is 32.2. The van der Waals surface area contributed by atoms with E-state index in [1.165, 1.54) is 11.3 Å². The molecule has 2 saturated heterocycles. The van der Waals surface area contributed by atoms with Gasteiger partial charge in [-0.3, -0.25) is 23.9 Å². The number of allylic oxidation sites excluding steroid dienone is 1. The van der Waals surface area contributed by atoms with Crippen molar-refractivity contribution in [2.75, 3.05) is 19.6 Å². The number of fused-ring (bicyclic) bond motifs is 5. The summed E-state index contributed by atoms with van der Waals surface area (Å²) in [6, 6.07) is 5.84. The molecule has 16 heteroatoms. The van der Waals surface area contributed by atoms with Crippen molar-refractivity contribution in [1.29, 1.82) is 0 Å². The maximum absolute atomic E-state index is 14.4. The molecule has 4 N–H and O–H groups in total. The molecule has 0 bridgehead atoms. The van der Waals surface area contributed by atoms with Crippen molar-refractivity contribution < 1.29 is 27.6 Å². The highest BCUT2D eigenvalue weighted by molar-refractivity contribution is 7.91. The zero-order valence-electron chi connectivity index (χ0n) is 28.1. The van der Waals surface area contributed by atoms with Crippen molar-refractivity contribution in [1.82, 2.24) is 34.4 Å². The van der Waals surface area contributed by atoms with Crippen LogP contribution in [0.3, 0.4) is 0 Å². The van der Waals surface area contributed by atoms with Gasteiger partial charge in [-0.25, -0.2) is 18.4 Å². The van der Waals surface area contributed by atoms with E-state index in [2.05, 4.69) is 15.0 Å². The number of nitrogens with zero attached hydrogens (tertiary/aromatic N) is 5. The maximum atomic E-state index is 14.4. The van der Waals surface area contributed by atoms with E-state index in [9.17, 15) is 27.6 Å². The number of nitrogens with one attached hydrogen (secondary N) is 2. The first-order valence-electron chi connectivity index (χ1n) is 17.8. The number of carbonyl (C=O) groups is 4. The van der Waals surface area contributed by atoms with Gasteiger partial charge >= 0.3 is 0 Å². The van der Waals surface area contributed by atoms with Crippen molar-refractivity contribution in [2.45, 2.75) is 80.8 Å². The van der Waals surface area contributed by atoms with Crippen molar-refractivity contribution in [2.24, 2.45) is 23.5 Å². The number of benzene rings is 1. The Kier molecular flexibility index (Phi) is 8.74. The first kappa shape index (κ1) is 34.0. The van der Waals surface area contributed by atoms with E-state index in [1.807, 2.05) is 46.4 Å². The van der Waals surface area contributed by atoms with Crippen LogP contribution in [0.1, 0.15) is 51.4 Å². The van der Waals surface area contributed by atoms with Crippen molar-refractivity contribution in [3.05, 3.63) is 47.3 Å². The quantitative estimate of drug-likeness (QED) is 0.317. The molecule has 51 heavy (non-hydrogen) atoms. The zero-order chi connectivity index (χ0) is 35.5. The van der Waals surface area contributed by atoms with Crippen molar-refractivity contribution in [3.8, 4) is 11.5 Å². The molecule has 270 valence electrons. The number of hydrogen-bond donors (Lipinski definition) is 3. The molecule has 6 atom stereocenters. The SMILES string of the molecule is N[C@@H]1CCCCCC=C[C@@H]2C[C@@]2(C(=O)NS(=O)(=O)C2CC2)NC(=O)[C@@H]2[C@H]3CN(C(=O)Cn4c(-c5cscn5)nc5ccccc54)C[C@H]3CN2C1=O. The summed E-state index contributed by atoms with van der Waals surface area (Å²) in [6.45, 7) is 0.846. The standard InChI is InChI=1S/C35H42N8O6S2/c36-25-9-5-3-1-2-4-8-22-14-35(22,34(47)40-51(48,49)23-12-13-23)39-32(45)30-24-17-41(15-21(24)16-43(30)33(25)46)29(44)18-42-28-11-7-6-10-26(28)38-31(42)27-19-50-20-37-27/h4,6-8,10-11,19-25,30H,1-3,5,9,12-18,36H2,(H,39,45)(H,40,47)/t21-,22+,24-,25+,30-,35+/m0/s1. The lowest BCUT2D eigenvalue weighted by Crippen LogP contribution is -2.59. The Balaban J connectivity index is 1.06. The molecule has 5 heterocycles.